The van der Waals surface area contributed by atoms with E-state index in [2.05, 4.69) is 4.72 Å². The molecular weight excluding hydrogens is 310 g/mol. The van der Waals surface area contributed by atoms with Crippen LogP contribution in [0.25, 0.3) is 0 Å². The standard InChI is InChI=1S/C11H14ClNO4S2/c12-8-3-4-10(18-8)19(16,17)13-11(7-9(14)15)5-1-2-6-11/h3-4,13H,1-2,5-7H2,(H,14,15). The molecule has 1 fully saturated rings. The van der Waals surface area contributed by atoms with Gasteiger partial charge in [0, 0.05) is 5.54 Å². The third-order valence-electron chi connectivity index (χ3n) is 3.21. The molecule has 106 valence electrons. The fourth-order valence-corrected chi connectivity index (χ4v) is 5.37. The Labute approximate surface area is 120 Å². The van der Waals surface area contributed by atoms with E-state index in [0.29, 0.717) is 17.2 Å². The Balaban J connectivity index is 2.24. The van der Waals surface area contributed by atoms with Gasteiger partial charge in [-0.15, -0.1) is 11.3 Å². The number of halogens is 1. The topological polar surface area (TPSA) is 83.5 Å². The van der Waals surface area contributed by atoms with Gasteiger partial charge in [0.15, 0.2) is 0 Å². The maximum atomic E-state index is 12.2. The van der Waals surface area contributed by atoms with Crippen LogP contribution in [0.3, 0.4) is 0 Å². The maximum absolute atomic E-state index is 12.2. The van der Waals surface area contributed by atoms with E-state index >= 15 is 0 Å². The van der Waals surface area contributed by atoms with Crippen LogP contribution in [0.5, 0.6) is 0 Å². The van der Waals surface area contributed by atoms with Gasteiger partial charge in [-0.25, -0.2) is 13.1 Å². The van der Waals surface area contributed by atoms with E-state index in [1.807, 2.05) is 0 Å². The highest BCUT2D eigenvalue weighted by Crippen LogP contribution is 2.35. The zero-order valence-electron chi connectivity index (χ0n) is 10.1. The number of carboxylic acid groups (broad SMARTS) is 1. The summed E-state index contributed by atoms with van der Waals surface area (Å²) in [6.45, 7) is 0. The second-order valence-corrected chi connectivity index (χ2v) is 8.35. The molecule has 0 spiro atoms. The van der Waals surface area contributed by atoms with Gasteiger partial charge in [-0.2, -0.15) is 0 Å². The molecule has 19 heavy (non-hydrogen) atoms. The molecular formula is C11H14ClNO4S2. The number of hydrogen-bond donors (Lipinski definition) is 2. The van der Waals surface area contributed by atoms with Crippen molar-refractivity contribution in [2.45, 2.75) is 41.9 Å². The van der Waals surface area contributed by atoms with Crippen molar-refractivity contribution in [2.24, 2.45) is 0 Å². The van der Waals surface area contributed by atoms with Gasteiger partial charge in [0.05, 0.1) is 10.8 Å². The van der Waals surface area contributed by atoms with Crippen molar-refractivity contribution in [3.8, 4) is 0 Å². The molecule has 5 nitrogen and oxygen atoms in total. The van der Waals surface area contributed by atoms with Crippen molar-refractivity contribution in [2.75, 3.05) is 0 Å². The van der Waals surface area contributed by atoms with Crippen molar-refractivity contribution in [1.29, 1.82) is 0 Å². The Kier molecular flexibility index (Phi) is 4.20. The van der Waals surface area contributed by atoms with Crippen LogP contribution < -0.4 is 4.72 Å². The van der Waals surface area contributed by atoms with Crippen molar-refractivity contribution in [3.63, 3.8) is 0 Å². The van der Waals surface area contributed by atoms with Crippen LogP contribution in [-0.4, -0.2) is 25.0 Å². The summed E-state index contributed by atoms with van der Waals surface area (Å²) in [4.78, 5) is 10.9. The number of sulfonamides is 1. The van der Waals surface area contributed by atoms with Crippen LogP contribution in [0.2, 0.25) is 4.34 Å². The zero-order chi connectivity index (χ0) is 14.1. The first kappa shape index (κ1) is 14.8. The van der Waals surface area contributed by atoms with Crippen LogP contribution in [0, 0.1) is 0 Å². The molecule has 0 radical (unpaired) electrons. The number of hydrogen-bond acceptors (Lipinski definition) is 4. The Hall–Kier alpha value is -0.630. The minimum absolute atomic E-state index is 0.120. The summed E-state index contributed by atoms with van der Waals surface area (Å²) in [6, 6.07) is 2.94. The predicted molar refractivity (Wildman–Crippen MR) is 73.1 cm³/mol. The Morgan fingerprint density at radius 1 is 1.42 bits per heavy atom. The Morgan fingerprint density at radius 3 is 2.53 bits per heavy atom. The van der Waals surface area contributed by atoms with E-state index in [9.17, 15) is 13.2 Å². The first-order valence-electron chi connectivity index (χ1n) is 5.84. The molecule has 0 aromatic carbocycles. The number of carboxylic acids is 1. The fourth-order valence-electron chi connectivity index (χ4n) is 2.43. The second-order valence-electron chi connectivity index (χ2n) is 4.72. The molecule has 2 rings (SSSR count). The summed E-state index contributed by atoms with van der Waals surface area (Å²) in [7, 11) is -3.71. The third kappa shape index (κ3) is 3.47. The van der Waals surface area contributed by atoms with Gasteiger partial charge in [0.2, 0.25) is 0 Å². The average Bonchev–Trinajstić information content (AvgIpc) is 2.86. The van der Waals surface area contributed by atoms with E-state index in [1.165, 1.54) is 12.1 Å². The fraction of sp³-hybridized carbons (Fsp3) is 0.545. The monoisotopic (exact) mass is 323 g/mol. The number of aliphatic carboxylic acids is 1. The summed E-state index contributed by atoms with van der Waals surface area (Å²) in [6.07, 6.45) is 2.59. The molecule has 0 bridgehead atoms. The minimum atomic E-state index is -3.71. The van der Waals surface area contributed by atoms with Crippen molar-refractivity contribution >= 4 is 38.9 Å². The zero-order valence-corrected chi connectivity index (χ0v) is 12.4. The molecule has 0 atom stereocenters. The van der Waals surface area contributed by atoms with E-state index in [-0.39, 0.29) is 10.6 Å². The van der Waals surface area contributed by atoms with Crippen LogP contribution >= 0.6 is 22.9 Å². The number of rotatable bonds is 5. The normalized spacial score (nSPS) is 18.6. The molecule has 8 heteroatoms. The molecule has 2 N–H and O–H groups in total. The molecule has 1 aromatic heterocycles. The molecule has 0 aliphatic heterocycles. The van der Waals surface area contributed by atoms with E-state index in [4.69, 9.17) is 16.7 Å². The lowest BCUT2D eigenvalue weighted by Crippen LogP contribution is -2.47. The molecule has 1 heterocycles. The van der Waals surface area contributed by atoms with Crippen molar-refractivity contribution in [1.82, 2.24) is 4.72 Å². The quantitative estimate of drug-likeness (QED) is 0.872. The van der Waals surface area contributed by atoms with Gasteiger partial charge in [-0.3, -0.25) is 4.79 Å². The average molecular weight is 324 g/mol. The summed E-state index contributed by atoms with van der Waals surface area (Å²) < 4.78 is 27.6. The van der Waals surface area contributed by atoms with Crippen LogP contribution in [-0.2, 0) is 14.8 Å². The lowest BCUT2D eigenvalue weighted by atomic mass is 9.95. The lowest BCUT2D eigenvalue weighted by molar-refractivity contribution is -0.138. The second kappa shape index (κ2) is 5.40. The molecule has 1 saturated carbocycles. The predicted octanol–water partition coefficient (Wildman–Crippen LogP) is 2.47. The summed E-state index contributed by atoms with van der Waals surface area (Å²) in [5.41, 5.74) is -0.860. The van der Waals surface area contributed by atoms with Gasteiger partial charge < -0.3 is 5.11 Å². The number of thiophene rings is 1. The number of carbonyl (C=O) groups is 1. The summed E-state index contributed by atoms with van der Waals surface area (Å²) in [5.74, 6) is -0.992. The molecule has 0 unspecified atom stereocenters. The van der Waals surface area contributed by atoms with Crippen LogP contribution in [0.4, 0.5) is 0 Å². The largest absolute Gasteiger partial charge is 0.481 e. The highest BCUT2D eigenvalue weighted by molar-refractivity contribution is 7.91. The van der Waals surface area contributed by atoms with Gasteiger partial charge >= 0.3 is 5.97 Å². The first-order chi connectivity index (χ1) is 8.83. The smallest absolute Gasteiger partial charge is 0.305 e. The van der Waals surface area contributed by atoms with Gasteiger partial charge in [-0.05, 0) is 25.0 Å². The van der Waals surface area contributed by atoms with Gasteiger partial charge in [0.1, 0.15) is 4.21 Å². The third-order valence-corrected chi connectivity index (χ3v) is 6.52. The first-order valence-corrected chi connectivity index (χ1v) is 8.52. The molecule has 0 saturated heterocycles. The highest BCUT2D eigenvalue weighted by Gasteiger charge is 2.40. The summed E-state index contributed by atoms with van der Waals surface area (Å²) >= 11 is 6.70. The molecule has 1 aliphatic carbocycles. The number of nitrogens with one attached hydrogen (secondary N) is 1. The molecule has 0 amide bonds. The van der Waals surface area contributed by atoms with Gasteiger partial charge in [0.25, 0.3) is 10.0 Å². The van der Waals surface area contributed by atoms with Crippen LogP contribution in [0.1, 0.15) is 32.1 Å². The molecule has 1 aromatic rings. The summed E-state index contributed by atoms with van der Waals surface area (Å²) in [5, 5.41) is 8.96. The Bertz CT molecular complexity index is 575. The van der Waals surface area contributed by atoms with E-state index in [1.54, 1.807) is 0 Å². The minimum Gasteiger partial charge on any atom is -0.481 e. The van der Waals surface area contributed by atoms with Crippen molar-refractivity contribution in [3.05, 3.63) is 16.5 Å². The van der Waals surface area contributed by atoms with Crippen molar-refractivity contribution < 1.29 is 18.3 Å². The maximum Gasteiger partial charge on any atom is 0.305 e. The molecule has 1 aliphatic rings. The van der Waals surface area contributed by atoms with Crippen LogP contribution in [0.15, 0.2) is 16.3 Å². The lowest BCUT2D eigenvalue weighted by Gasteiger charge is -2.27. The van der Waals surface area contributed by atoms with E-state index in [0.717, 1.165) is 24.2 Å². The van der Waals surface area contributed by atoms with E-state index < -0.39 is 21.5 Å². The SMILES string of the molecule is O=C(O)CC1(NS(=O)(=O)c2ccc(Cl)s2)CCCC1. The highest BCUT2D eigenvalue weighted by atomic mass is 35.5. The Morgan fingerprint density at radius 2 is 2.05 bits per heavy atom. The van der Waals surface area contributed by atoms with Gasteiger partial charge in [-0.1, -0.05) is 24.4 Å².